The van der Waals surface area contributed by atoms with Gasteiger partial charge in [-0.05, 0) is 33.1 Å². The van der Waals surface area contributed by atoms with Gasteiger partial charge in [-0.15, -0.1) is 0 Å². The molecule has 0 spiro atoms. The third kappa shape index (κ3) is 2.80. The number of carbonyl (C=O) groups excluding carboxylic acids is 1. The fraction of sp³-hybridized carbons (Fsp3) is 0.923. The molecular weight excluding hydrogens is 216 g/mol. The zero-order valence-electron chi connectivity index (χ0n) is 11.2. The van der Waals surface area contributed by atoms with Gasteiger partial charge < -0.3 is 9.64 Å². The van der Waals surface area contributed by atoms with Crippen molar-refractivity contribution in [1.82, 2.24) is 10.2 Å². The Morgan fingerprint density at radius 3 is 2.94 bits per heavy atom. The minimum Gasteiger partial charge on any atom is -0.375 e. The second kappa shape index (κ2) is 4.94. The summed E-state index contributed by atoms with van der Waals surface area (Å²) in [4.78, 5) is 14.2. The largest absolute Gasteiger partial charge is 0.375 e. The average Bonchev–Trinajstić information content (AvgIpc) is 2.60. The normalized spacial score (nSPS) is 33.1. The fourth-order valence-electron chi connectivity index (χ4n) is 2.86. The lowest BCUT2D eigenvalue weighted by Gasteiger charge is -2.39. The van der Waals surface area contributed by atoms with Crippen LogP contribution in [0.2, 0.25) is 0 Å². The molecule has 2 saturated heterocycles. The molecule has 2 unspecified atom stereocenters. The van der Waals surface area contributed by atoms with Crippen LogP contribution in [0.1, 0.15) is 46.5 Å². The maximum Gasteiger partial charge on any atom is 0.241 e. The summed E-state index contributed by atoms with van der Waals surface area (Å²) in [6, 6.07) is 0.395. The van der Waals surface area contributed by atoms with Gasteiger partial charge in [-0.3, -0.25) is 10.1 Å². The van der Waals surface area contributed by atoms with Gasteiger partial charge in [0.2, 0.25) is 5.91 Å². The van der Waals surface area contributed by atoms with Crippen molar-refractivity contribution in [2.24, 2.45) is 0 Å². The minimum absolute atomic E-state index is 0.0472. The lowest BCUT2D eigenvalue weighted by atomic mass is 9.93. The summed E-state index contributed by atoms with van der Waals surface area (Å²) in [5.74, 6) is 0.287. The van der Waals surface area contributed by atoms with Crippen molar-refractivity contribution in [3.63, 3.8) is 0 Å². The molecule has 2 heterocycles. The van der Waals surface area contributed by atoms with Crippen LogP contribution in [-0.4, -0.2) is 41.8 Å². The first-order valence-electron chi connectivity index (χ1n) is 6.71. The van der Waals surface area contributed by atoms with E-state index in [2.05, 4.69) is 26.1 Å². The molecular formula is C13H24N2O2. The van der Waals surface area contributed by atoms with E-state index in [0.29, 0.717) is 12.7 Å². The summed E-state index contributed by atoms with van der Waals surface area (Å²) in [6.07, 6.45) is 3.91. The molecule has 0 radical (unpaired) electrons. The van der Waals surface area contributed by atoms with E-state index >= 15 is 0 Å². The lowest BCUT2D eigenvalue weighted by molar-refractivity contribution is -0.136. The molecule has 2 aliphatic heterocycles. The first-order valence-corrected chi connectivity index (χ1v) is 6.71. The Labute approximate surface area is 104 Å². The molecule has 2 fully saturated rings. The third-order valence-electron chi connectivity index (χ3n) is 3.78. The zero-order valence-corrected chi connectivity index (χ0v) is 11.2. The van der Waals surface area contributed by atoms with Gasteiger partial charge in [0.25, 0.3) is 0 Å². The predicted molar refractivity (Wildman–Crippen MR) is 66.6 cm³/mol. The molecule has 0 saturated carbocycles. The van der Waals surface area contributed by atoms with Crippen molar-refractivity contribution >= 4 is 5.91 Å². The van der Waals surface area contributed by atoms with Crippen LogP contribution >= 0.6 is 0 Å². The number of rotatable bonds is 3. The van der Waals surface area contributed by atoms with E-state index in [4.69, 9.17) is 4.74 Å². The quantitative estimate of drug-likeness (QED) is 0.813. The number of nitrogens with zero attached hydrogens (tertiary/aromatic N) is 1. The van der Waals surface area contributed by atoms with E-state index in [9.17, 15) is 4.79 Å². The second-order valence-electron chi connectivity index (χ2n) is 5.77. The Morgan fingerprint density at radius 2 is 2.29 bits per heavy atom. The van der Waals surface area contributed by atoms with Gasteiger partial charge in [-0.25, -0.2) is 0 Å². The van der Waals surface area contributed by atoms with Gasteiger partial charge in [0.1, 0.15) is 0 Å². The molecule has 1 N–H and O–H groups in total. The number of carbonyl (C=O) groups is 1. The molecule has 1 amide bonds. The maximum atomic E-state index is 12.2. The van der Waals surface area contributed by atoms with Crippen molar-refractivity contribution in [2.75, 3.05) is 13.3 Å². The van der Waals surface area contributed by atoms with E-state index < -0.39 is 0 Å². The second-order valence-corrected chi connectivity index (χ2v) is 5.77. The summed E-state index contributed by atoms with van der Waals surface area (Å²) in [5.41, 5.74) is -0.0912. The highest BCUT2D eigenvalue weighted by Gasteiger charge is 2.39. The van der Waals surface area contributed by atoms with Gasteiger partial charge in [-0.1, -0.05) is 13.3 Å². The topological polar surface area (TPSA) is 41.6 Å². The van der Waals surface area contributed by atoms with Crippen LogP contribution in [0.15, 0.2) is 0 Å². The molecule has 2 aliphatic rings. The SMILES string of the molecule is CCCC1NCN(C2CCOC(C)(C)C2)C1=O. The number of ether oxygens (including phenoxy) is 1. The highest BCUT2D eigenvalue weighted by Crippen LogP contribution is 2.28. The first-order chi connectivity index (χ1) is 8.03. The van der Waals surface area contributed by atoms with Gasteiger partial charge in [0, 0.05) is 12.6 Å². The number of nitrogens with one attached hydrogen (secondary N) is 1. The molecule has 2 atom stereocenters. The highest BCUT2D eigenvalue weighted by molar-refractivity contribution is 5.84. The van der Waals surface area contributed by atoms with Gasteiger partial charge in [-0.2, -0.15) is 0 Å². The Bertz CT molecular complexity index is 291. The minimum atomic E-state index is -0.0912. The lowest BCUT2D eigenvalue weighted by Crippen LogP contribution is -2.47. The van der Waals surface area contributed by atoms with Gasteiger partial charge >= 0.3 is 0 Å². The Hall–Kier alpha value is -0.610. The summed E-state index contributed by atoms with van der Waals surface area (Å²) in [7, 11) is 0. The van der Waals surface area contributed by atoms with E-state index in [1.807, 2.05) is 4.90 Å². The molecule has 0 aromatic rings. The van der Waals surface area contributed by atoms with Crippen molar-refractivity contribution in [3.05, 3.63) is 0 Å². The Balaban J connectivity index is 1.97. The molecule has 4 heteroatoms. The van der Waals surface area contributed by atoms with Gasteiger partial charge in [0.15, 0.2) is 0 Å². The van der Waals surface area contributed by atoms with Gasteiger partial charge in [0.05, 0.1) is 18.3 Å². The third-order valence-corrected chi connectivity index (χ3v) is 3.78. The zero-order chi connectivity index (χ0) is 12.5. The van der Waals surface area contributed by atoms with Crippen molar-refractivity contribution in [2.45, 2.75) is 64.1 Å². The first kappa shape index (κ1) is 12.8. The number of hydrogen-bond acceptors (Lipinski definition) is 3. The molecule has 0 aromatic heterocycles. The number of hydrogen-bond donors (Lipinski definition) is 1. The smallest absolute Gasteiger partial charge is 0.241 e. The van der Waals surface area contributed by atoms with E-state index in [1.54, 1.807) is 0 Å². The van der Waals surface area contributed by atoms with Crippen LogP contribution in [0.25, 0.3) is 0 Å². The van der Waals surface area contributed by atoms with Crippen molar-refractivity contribution < 1.29 is 9.53 Å². The van der Waals surface area contributed by atoms with E-state index in [0.717, 1.165) is 32.3 Å². The van der Waals surface area contributed by atoms with E-state index in [1.165, 1.54) is 0 Å². The summed E-state index contributed by atoms with van der Waals surface area (Å²) < 4.78 is 5.71. The molecule has 0 bridgehead atoms. The van der Waals surface area contributed by atoms with Crippen LogP contribution in [0.4, 0.5) is 0 Å². The summed E-state index contributed by atoms with van der Waals surface area (Å²) in [6.45, 7) is 7.81. The summed E-state index contributed by atoms with van der Waals surface area (Å²) in [5, 5.41) is 3.32. The monoisotopic (exact) mass is 240 g/mol. The average molecular weight is 240 g/mol. The van der Waals surface area contributed by atoms with Crippen LogP contribution < -0.4 is 5.32 Å². The molecule has 98 valence electrons. The Morgan fingerprint density at radius 1 is 1.53 bits per heavy atom. The van der Waals surface area contributed by atoms with Crippen LogP contribution in [0, 0.1) is 0 Å². The van der Waals surface area contributed by atoms with Crippen LogP contribution in [0.3, 0.4) is 0 Å². The molecule has 17 heavy (non-hydrogen) atoms. The van der Waals surface area contributed by atoms with Crippen LogP contribution in [0.5, 0.6) is 0 Å². The number of amides is 1. The predicted octanol–water partition coefficient (Wildman–Crippen LogP) is 1.50. The highest BCUT2D eigenvalue weighted by atomic mass is 16.5. The Kier molecular flexibility index (Phi) is 3.73. The standard InChI is InChI=1S/C13H24N2O2/c1-4-5-11-12(16)15(9-14-11)10-6-7-17-13(2,3)8-10/h10-11,14H,4-9H2,1-3H3. The molecule has 2 rings (SSSR count). The maximum absolute atomic E-state index is 12.2. The fourth-order valence-corrected chi connectivity index (χ4v) is 2.86. The molecule has 0 aliphatic carbocycles. The van der Waals surface area contributed by atoms with E-state index in [-0.39, 0.29) is 17.6 Å². The summed E-state index contributed by atoms with van der Waals surface area (Å²) >= 11 is 0. The van der Waals surface area contributed by atoms with Crippen LogP contribution in [-0.2, 0) is 9.53 Å². The molecule has 0 aromatic carbocycles. The molecule has 4 nitrogen and oxygen atoms in total. The van der Waals surface area contributed by atoms with Crippen molar-refractivity contribution in [3.8, 4) is 0 Å². The van der Waals surface area contributed by atoms with Crippen molar-refractivity contribution in [1.29, 1.82) is 0 Å².